The number of aliphatic imine (C=N–C) groups is 1. The smallest absolute Gasteiger partial charge is 0.356 e. The molecule has 0 aliphatic carbocycles. The Bertz CT molecular complexity index is 1320. The van der Waals surface area contributed by atoms with Gasteiger partial charge in [0.05, 0.1) is 6.54 Å². The van der Waals surface area contributed by atoms with Crippen molar-refractivity contribution in [1.29, 1.82) is 0 Å². The van der Waals surface area contributed by atoms with Gasteiger partial charge in [-0.15, -0.1) is 0 Å². The fourth-order valence-electron chi connectivity index (χ4n) is 4.05. The Labute approximate surface area is 206 Å². The summed E-state index contributed by atoms with van der Waals surface area (Å²) in [6.45, 7) is 9.74. The summed E-state index contributed by atoms with van der Waals surface area (Å²) in [5.74, 6) is -0.543. The Morgan fingerprint density at radius 2 is 2.17 bits per heavy atom. The number of carbonyl (C=O) groups excluding carboxylic acids is 3. The molecule has 1 aliphatic heterocycles. The molecule has 2 amide bonds. The maximum atomic E-state index is 13.3. The van der Waals surface area contributed by atoms with Crippen molar-refractivity contribution in [3.05, 3.63) is 63.8 Å². The topological polar surface area (TPSA) is 122 Å². The van der Waals surface area contributed by atoms with Crippen molar-refractivity contribution < 1.29 is 18.8 Å². The van der Waals surface area contributed by atoms with E-state index in [1.165, 1.54) is 16.2 Å². The second kappa shape index (κ2) is 10.5. The highest BCUT2D eigenvalue weighted by molar-refractivity contribution is 7.08. The van der Waals surface area contributed by atoms with Gasteiger partial charge in [-0.25, -0.2) is 6.57 Å². The highest BCUT2D eigenvalue weighted by atomic mass is 32.1. The number of thiophene rings is 1. The molecule has 3 aromatic rings. The molecule has 35 heavy (non-hydrogen) atoms. The molecule has 9 nitrogen and oxygen atoms in total. The quantitative estimate of drug-likeness (QED) is 0.226. The van der Waals surface area contributed by atoms with Crippen LogP contribution in [0.3, 0.4) is 0 Å². The summed E-state index contributed by atoms with van der Waals surface area (Å²) in [5, 5.41) is 7.45. The van der Waals surface area contributed by atoms with Crippen molar-refractivity contribution in [1.82, 2.24) is 4.90 Å². The third-order valence-electron chi connectivity index (χ3n) is 5.79. The number of primary amides is 1. The first-order valence-electron chi connectivity index (χ1n) is 11.2. The Morgan fingerprint density at radius 3 is 2.89 bits per heavy atom. The van der Waals surface area contributed by atoms with Crippen LogP contribution < -0.4 is 11.1 Å². The summed E-state index contributed by atoms with van der Waals surface area (Å²) in [4.78, 5) is 47.4. The van der Waals surface area contributed by atoms with Gasteiger partial charge in [-0.05, 0) is 61.9 Å². The first-order chi connectivity index (χ1) is 16.9. The number of amides is 2. The number of benzene rings is 1. The van der Waals surface area contributed by atoms with Gasteiger partial charge in [-0.3, -0.25) is 24.2 Å². The molecule has 1 fully saturated rings. The summed E-state index contributed by atoms with van der Waals surface area (Å²) in [5.41, 5.74) is 7.34. The summed E-state index contributed by atoms with van der Waals surface area (Å²) < 4.78 is 5.60. The molecule has 0 bridgehead atoms. The van der Waals surface area contributed by atoms with E-state index in [1.54, 1.807) is 23.6 Å². The van der Waals surface area contributed by atoms with Crippen molar-refractivity contribution in [2.75, 3.05) is 18.4 Å². The van der Waals surface area contributed by atoms with Gasteiger partial charge in [-0.2, -0.15) is 11.3 Å². The molecule has 1 saturated heterocycles. The second-order valence-electron chi connectivity index (χ2n) is 8.39. The number of likely N-dealkylation sites (tertiary alicyclic amines) is 1. The molecule has 1 aliphatic rings. The van der Waals surface area contributed by atoms with Crippen molar-refractivity contribution in [3.8, 4) is 0 Å². The summed E-state index contributed by atoms with van der Waals surface area (Å²) in [7, 11) is 0. The minimum Gasteiger partial charge on any atom is -0.461 e. The predicted molar refractivity (Wildman–Crippen MR) is 134 cm³/mol. The van der Waals surface area contributed by atoms with E-state index in [2.05, 4.69) is 15.2 Å². The van der Waals surface area contributed by atoms with Crippen molar-refractivity contribution in [2.45, 2.75) is 38.3 Å². The molecule has 2 unspecified atom stereocenters. The summed E-state index contributed by atoms with van der Waals surface area (Å²) in [6, 6.07) is 6.71. The van der Waals surface area contributed by atoms with Crippen LogP contribution in [0.25, 0.3) is 15.8 Å². The van der Waals surface area contributed by atoms with E-state index in [4.69, 9.17) is 16.7 Å². The molecule has 180 valence electrons. The lowest BCUT2D eigenvalue weighted by atomic mass is 10.1. The van der Waals surface area contributed by atoms with Crippen molar-refractivity contribution in [3.63, 3.8) is 0 Å². The van der Waals surface area contributed by atoms with Gasteiger partial charge in [0.1, 0.15) is 17.4 Å². The van der Waals surface area contributed by atoms with Gasteiger partial charge in [0, 0.05) is 28.6 Å². The van der Waals surface area contributed by atoms with Crippen molar-refractivity contribution >= 4 is 51.4 Å². The van der Waals surface area contributed by atoms with E-state index in [-0.39, 0.29) is 24.1 Å². The highest BCUT2D eigenvalue weighted by Gasteiger charge is 2.33. The first kappa shape index (κ1) is 24.2. The van der Waals surface area contributed by atoms with Crippen LogP contribution in [0.15, 0.2) is 50.5 Å². The lowest BCUT2D eigenvalue weighted by Crippen LogP contribution is -2.43. The SMILES string of the molecule is [C-]#[N+]C(C(N)=O)C(=NC1CCCCN(CC(=O)c2ccsc2)C1=O)Nc1ccc2oc(C)cc2c1. The standard InChI is InChI=1S/C25H25N5O4S/c1-15-11-17-12-18(6-7-21(17)34-15)28-24(22(27-2)23(26)32)29-19-5-3-4-9-30(25(19)33)13-20(31)16-8-10-35-14-16/h6-8,10-12,14,19,22H,3-5,9,13H2,1H3,(H2,26,32)(H,28,29). The first-order valence-corrected chi connectivity index (χ1v) is 12.1. The minimum absolute atomic E-state index is 0.0106. The fourth-order valence-corrected chi connectivity index (χ4v) is 4.71. The van der Waals surface area contributed by atoms with Gasteiger partial charge in [-0.1, -0.05) is 0 Å². The van der Waals surface area contributed by atoms with E-state index in [1.807, 2.05) is 24.4 Å². The van der Waals surface area contributed by atoms with E-state index in [0.717, 1.165) is 24.0 Å². The normalized spacial score (nSPS) is 17.6. The van der Waals surface area contributed by atoms with E-state index in [9.17, 15) is 14.4 Å². The van der Waals surface area contributed by atoms with Crippen LogP contribution in [0, 0.1) is 13.5 Å². The van der Waals surface area contributed by atoms with Crippen LogP contribution in [0.2, 0.25) is 0 Å². The number of nitrogens with two attached hydrogens (primary N) is 1. The number of anilines is 1. The number of nitrogens with zero attached hydrogens (tertiary/aromatic N) is 3. The Balaban J connectivity index is 1.62. The minimum atomic E-state index is -1.38. The lowest BCUT2D eigenvalue weighted by Gasteiger charge is -2.22. The average molecular weight is 492 g/mol. The van der Waals surface area contributed by atoms with Crippen LogP contribution in [0.5, 0.6) is 0 Å². The van der Waals surface area contributed by atoms with Gasteiger partial charge in [0.15, 0.2) is 11.6 Å². The highest BCUT2D eigenvalue weighted by Crippen LogP contribution is 2.24. The van der Waals surface area contributed by atoms with Crippen LogP contribution >= 0.6 is 11.3 Å². The largest absolute Gasteiger partial charge is 0.461 e. The molecule has 0 saturated carbocycles. The van der Waals surface area contributed by atoms with Gasteiger partial charge >= 0.3 is 11.9 Å². The molecule has 0 spiro atoms. The molecule has 3 N–H and O–H groups in total. The number of ketones is 1. The number of amidine groups is 1. The van der Waals surface area contributed by atoms with E-state index >= 15 is 0 Å². The zero-order valence-corrected chi connectivity index (χ0v) is 20.0. The van der Waals surface area contributed by atoms with Crippen LogP contribution in [-0.2, 0) is 9.59 Å². The number of aryl methyl sites for hydroxylation is 1. The third-order valence-corrected chi connectivity index (χ3v) is 6.48. The summed E-state index contributed by atoms with van der Waals surface area (Å²) in [6.07, 6.45) is 1.89. The molecule has 3 heterocycles. The van der Waals surface area contributed by atoms with Gasteiger partial charge in [0.2, 0.25) is 5.91 Å². The molecule has 1 aromatic carbocycles. The molecule has 0 radical (unpaired) electrons. The summed E-state index contributed by atoms with van der Waals surface area (Å²) >= 11 is 1.42. The number of nitrogens with one attached hydrogen (secondary N) is 1. The Kier molecular flexibility index (Phi) is 7.27. The van der Waals surface area contributed by atoms with Crippen LogP contribution in [0.1, 0.15) is 35.4 Å². The zero-order valence-electron chi connectivity index (χ0n) is 19.2. The average Bonchev–Trinajstić information content (AvgIpc) is 3.45. The maximum absolute atomic E-state index is 13.3. The molecular formula is C25H25N5O4S. The molecule has 4 rings (SSSR count). The second-order valence-corrected chi connectivity index (χ2v) is 9.17. The van der Waals surface area contributed by atoms with E-state index < -0.39 is 18.0 Å². The number of Topliss-reactive ketones (excluding diaryl/α,β-unsaturated/α-hetero) is 1. The lowest BCUT2D eigenvalue weighted by molar-refractivity contribution is -0.131. The molecule has 2 atom stereocenters. The maximum Gasteiger partial charge on any atom is 0.356 e. The number of fused-ring (bicyclic) bond motifs is 1. The number of furan rings is 1. The third kappa shape index (κ3) is 5.58. The van der Waals surface area contributed by atoms with E-state index in [0.29, 0.717) is 29.8 Å². The molecule has 10 heteroatoms. The number of rotatable bonds is 7. The number of carbonyl (C=O) groups is 3. The fraction of sp³-hybridized carbons (Fsp3) is 0.320. The zero-order chi connectivity index (χ0) is 24.9. The van der Waals surface area contributed by atoms with Crippen LogP contribution in [-0.4, -0.2) is 53.5 Å². The Hall–Kier alpha value is -3.97. The molecule has 2 aromatic heterocycles. The Morgan fingerprint density at radius 1 is 1.34 bits per heavy atom. The van der Waals surface area contributed by atoms with Gasteiger partial charge in [0.25, 0.3) is 0 Å². The molecular weight excluding hydrogens is 466 g/mol. The number of hydrogen-bond donors (Lipinski definition) is 2. The van der Waals surface area contributed by atoms with Crippen molar-refractivity contribution in [2.24, 2.45) is 10.7 Å². The van der Waals surface area contributed by atoms with Gasteiger partial charge < -0.3 is 20.4 Å². The predicted octanol–water partition coefficient (Wildman–Crippen LogP) is 3.65. The number of hydrogen-bond acceptors (Lipinski definition) is 6. The monoisotopic (exact) mass is 491 g/mol. The van der Waals surface area contributed by atoms with Crippen LogP contribution in [0.4, 0.5) is 5.69 Å².